The van der Waals surface area contributed by atoms with E-state index in [0.29, 0.717) is 5.69 Å². The Balaban J connectivity index is 0.00000181. The van der Waals surface area contributed by atoms with E-state index in [4.69, 9.17) is 4.74 Å². The first kappa shape index (κ1) is 19.7. The lowest BCUT2D eigenvalue weighted by molar-refractivity contribution is -0.118. The Hall–Kier alpha value is -3.60. The van der Waals surface area contributed by atoms with Crippen molar-refractivity contribution in [2.45, 2.75) is 25.2 Å². The van der Waals surface area contributed by atoms with Crippen LogP contribution in [0.4, 0.5) is 5.69 Å². The number of hydrogen-bond donors (Lipinski definition) is 2. The van der Waals surface area contributed by atoms with Gasteiger partial charge in [-0.15, -0.1) is 0 Å². The first-order valence-electron chi connectivity index (χ1n) is 9.83. The quantitative estimate of drug-likeness (QED) is 0.565. The molecule has 3 aromatic rings. The van der Waals surface area contributed by atoms with Gasteiger partial charge in [0.15, 0.2) is 0 Å². The molecule has 0 heterocycles. The number of carbonyl (C=O) groups excluding carboxylic acids is 1. The van der Waals surface area contributed by atoms with E-state index in [1.165, 1.54) is 0 Å². The minimum atomic E-state index is -0.964. The summed E-state index contributed by atoms with van der Waals surface area (Å²) in [6, 6.07) is 20.2. The first-order valence-corrected chi connectivity index (χ1v) is 9.83. The van der Waals surface area contributed by atoms with Gasteiger partial charge in [0, 0.05) is 8.54 Å². The van der Waals surface area contributed by atoms with Gasteiger partial charge in [-0.3, -0.25) is 4.79 Å². The molecule has 3 aromatic carbocycles. The largest absolute Gasteiger partial charge is 0.497 e. The van der Waals surface area contributed by atoms with Gasteiger partial charge in [-0.1, -0.05) is 30.3 Å². The summed E-state index contributed by atoms with van der Waals surface area (Å²) in [5, 5.41) is 12.3. The topological polar surface area (TPSA) is 75.6 Å². The molecule has 156 valence electrons. The average Bonchev–Trinajstić information content (AvgIpc) is 3.57. The number of nitrogens with one attached hydrogen (secondary N) is 1. The third kappa shape index (κ3) is 3.66. The molecule has 0 bridgehead atoms. The van der Waals surface area contributed by atoms with Crippen molar-refractivity contribution in [2.24, 2.45) is 0 Å². The maximum atomic E-state index is 13.1. The molecule has 5 heteroatoms. The van der Waals surface area contributed by atoms with Crippen LogP contribution in [0.2, 0.25) is 0 Å². The number of rotatable bonds is 6. The van der Waals surface area contributed by atoms with Gasteiger partial charge >= 0.3 is 5.97 Å². The summed E-state index contributed by atoms with van der Waals surface area (Å²) in [6.07, 6.45) is 1.62. The Labute approximate surface area is 178 Å². The summed E-state index contributed by atoms with van der Waals surface area (Å²) in [6.45, 7) is 1.97. The highest BCUT2D eigenvalue weighted by Gasteiger charge is 2.51. The van der Waals surface area contributed by atoms with Crippen molar-refractivity contribution in [3.8, 4) is 16.9 Å². The van der Waals surface area contributed by atoms with Gasteiger partial charge < -0.3 is 15.2 Å². The van der Waals surface area contributed by atoms with Crippen LogP contribution in [0.1, 0.15) is 37.2 Å². The second-order valence-electron chi connectivity index (χ2n) is 7.68. The van der Waals surface area contributed by atoms with E-state index in [1.54, 1.807) is 25.3 Å². The second-order valence-corrected chi connectivity index (χ2v) is 7.68. The van der Waals surface area contributed by atoms with Crippen LogP contribution in [0.5, 0.6) is 5.75 Å². The molecule has 4 rings (SSSR count). The Kier molecular flexibility index (Phi) is 5.04. The predicted octanol–water partition coefficient (Wildman–Crippen LogP) is 5.53. The maximum absolute atomic E-state index is 13.1. The van der Waals surface area contributed by atoms with Gasteiger partial charge in [-0.25, -0.2) is 4.79 Å². The van der Waals surface area contributed by atoms with E-state index < -0.39 is 11.4 Å². The fourth-order valence-corrected chi connectivity index (χ4v) is 3.76. The molecule has 0 aliphatic heterocycles. The molecule has 1 aliphatic carbocycles. The second kappa shape index (κ2) is 7.67. The van der Waals surface area contributed by atoms with Gasteiger partial charge in [0.1, 0.15) is 5.75 Å². The minimum Gasteiger partial charge on any atom is -0.497 e. The molecule has 0 saturated heterocycles. The van der Waals surface area contributed by atoms with Crippen molar-refractivity contribution in [3.05, 3.63) is 83.4 Å². The third-order valence-corrected chi connectivity index (χ3v) is 5.74. The Bertz CT molecular complexity index is 1130. The van der Waals surface area contributed by atoms with Crippen LogP contribution in [0.3, 0.4) is 0 Å². The lowest BCUT2D eigenvalue weighted by atomic mass is 9.94. The molecule has 30 heavy (non-hydrogen) atoms. The van der Waals surface area contributed by atoms with Gasteiger partial charge in [0.05, 0.1) is 18.1 Å². The van der Waals surface area contributed by atoms with Crippen LogP contribution in [0.25, 0.3) is 11.1 Å². The maximum Gasteiger partial charge on any atom is 0.335 e. The number of carboxylic acids is 1. The molecule has 1 aliphatic rings. The number of carbonyl (C=O) groups is 2. The molecule has 1 saturated carbocycles. The number of anilines is 1. The SMILES string of the molecule is COc1ccc(C2(C(=O)Nc3ccc(C)c(-c4cccc(C(=O)O)c4)c3)CC2)cc1.[HH].[HH]. The molecular formula is C25H27NO4. The summed E-state index contributed by atoms with van der Waals surface area (Å²) in [4.78, 5) is 24.4. The van der Waals surface area contributed by atoms with Crippen LogP contribution in [0.15, 0.2) is 66.7 Å². The van der Waals surface area contributed by atoms with E-state index in [1.807, 2.05) is 55.5 Å². The molecule has 5 nitrogen and oxygen atoms in total. The standard InChI is InChI=1S/C25H23NO4.2H2/c1-16-6-9-20(15-22(16)17-4-3-5-18(14-17)23(27)28)26-24(29)25(12-13-25)19-7-10-21(30-2)11-8-19;;/h3-11,14-15H,12-13H2,1-2H3,(H,26,29)(H,27,28);2*1H. The monoisotopic (exact) mass is 405 g/mol. The number of methoxy groups -OCH3 is 1. The summed E-state index contributed by atoms with van der Waals surface area (Å²) in [5.41, 5.74) is 4.12. The molecule has 1 amide bonds. The molecular weight excluding hydrogens is 378 g/mol. The number of hydrogen-bond acceptors (Lipinski definition) is 3. The van der Waals surface area contributed by atoms with E-state index in [9.17, 15) is 14.7 Å². The Morgan fingerprint density at radius 1 is 1.03 bits per heavy atom. The summed E-state index contributed by atoms with van der Waals surface area (Å²) >= 11 is 0. The lowest BCUT2D eigenvalue weighted by Gasteiger charge is -2.17. The van der Waals surface area contributed by atoms with Crippen molar-refractivity contribution in [2.75, 3.05) is 12.4 Å². The van der Waals surface area contributed by atoms with Crippen LogP contribution >= 0.6 is 0 Å². The number of carboxylic acid groups (broad SMARTS) is 1. The summed E-state index contributed by atoms with van der Waals surface area (Å²) in [7, 11) is 1.62. The predicted molar refractivity (Wildman–Crippen MR) is 120 cm³/mol. The molecule has 1 fully saturated rings. The number of amides is 1. The van der Waals surface area contributed by atoms with Crippen LogP contribution in [0, 0.1) is 6.92 Å². The number of aryl methyl sites for hydroxylation is 1. The smallest absolute Gasteiger partial charge is 0.335 e. The molecule has 0 spiro atoms. The lowest BCUT2D eigenvalue weighted by Crippen LogP contribution is -2.27. The van der Waals surface area contributed by atoms with Crippen molar-refractivity contribution in [3.63, 3.8) is 0 Å². The fraction of sp³-hybridized carbons (Fsp3) is 0.200. The molecule has 2 N–H and O–H groups in total. The van der Waals surface area contributed by atoms with Crippen molar-refractivity contribution >= 4 is 17.6 Å². The van der Waals surface area contributed by atoms with Gasteiger partial charge in [-0.05, 0) is 78.4 Å². The van der Waals surface area contributed by atoms with Crippen molar-refractivity contribution < 1.29 is 22.3 Å². The zero-order chi connectivity index (χ0) is 21.3. The van der Waals surface area contributed by atoms with E-state index in [-0.39, 0.29) is 14.3 Å². The van der Waals surface area contributed by atoms with E-state index in [2.05, 4.69) is 5.32 Å². The number of benzene rings is 3. The van der Waals surface area contributed by atoms with E-state index in [0.717, 1.165) is 40.8 Å². The van der Waals surface area contributed by atoms with Crippen LogP contribution in [-0.4, -0.2) is 24.1 Å². The average molecular weight is 405 g/mol. The zero-order valence-electron chi connectivity index (χ0n) is 16.9. The van der Waals surface area contributed by atoms with Crippen molar-refractivity contribution in [1.82, 2.24) is 0 Å². The Morgan fingerprint density at radius 2 is 1.77 bits per heavy atom. The molecule has 0 atom stereocenters. The van der Waals surface area contributed by atoms with Gasteiger partial charge in [0.25, 0.3) is 0 Å². The summed E-state index contributed by atoms with van der Waals surface area (Å²) < 4.78 is 5.21. The van der Waals surface area contributed by atoms with Crippen LogP contribution in [-0.2, 0) is 10.2 Å². The fourth-order valence-electron chi connectivity index (χ4n) is 3.76. The van der Waals surface area contributed by atoms with Gasteiger partial charge in [-0.2, -0.15) is 0 Å². The number of ether oxygens (including phenoxy) is 1. The highest BCUT2D eigenvalue weighted by Crippen LogP contribution is 2.49. The van der Waals surface area contributed by atoms with Gasteiger partial charge in [0.2, 0.25) is 5.91 Å². The highest BCUT2D eigenvalue weighted by atomic mass is 16.5. The first-order chi connectivity index (χ1) is 14.4. The molecule has 0 unspecified atom stereocenters. The highest BCUT2D eigenvalue weighted by molar-refractivity contribution is 6.02. The van der Waals surface area contributed by atoms with Crippen LogP contribution < -0.4 is 10.1 Å². The molecule has 0 radical (unpaired) electrons. The Morgan fingerprint density at radius 3 is 2.40 bits per heavy atom. The number of aromatic carboxylic acids is 1. The minimum absolute atomic E-state index is 0. The van der Waals surface area contributed by atoms with E-state index >= 15 is 0 Å². The zero-order valence-corrected chi connectivity index (χ0v) is 16.9. The van der Waals surface area contributed by atoms with Crippen molar-refractivity contribution in [1.29, 1.82) is 0 Å². The third-order valence-electron chi connectivity index (χ3n) is 5.74. The summed E-state index contributed by atoms with van der Waals surface area (Å²) in [5.74, 6) is -0.224. The normalized spacial score (nSPS) is 14.1. The molecule has 0 aromatic heterocycles.